The van der Waals surface area contributed by atoms with Crippen molar-refractivity contribution < 1.29 is 9.30 Å². The molecule has 0 aliphatic carbocycles. The Kier molecular flexibility index (Phi) is 12.2. The van der Waals surface area contributed by atoms with Gasteiger partial charge in [-0.3, -0.25) is 4.90 Å². The molecule has 0 amide bonds. The molecule has 5 rings (SSSR count). The zero-order valence-electron chi connectivity index (χ0n) is 28.0. The number of halogens is 1. The van der Waals surface area contributed by atoms with Crippen molar-refractivity contribution in [1.82, 2.24) is 19.8 Å². The summed E-state index contributed by atoms with van der Waals surface area (Å²) in [6, 6.07) is 14.4. The van der Waals surface area contributed by atoms with E-state index in [1.54, 1.807) is 26.6 Å². The number of ether oxygens (including phenoxy) is 1. The summed E-state index contributed by atoms with van der Waals surface area (Å²) in [5.74, 6) is 1.54. The Hall–Kier alpha value is -2.84. The SMILES string of the molecule is CCCCCCCN1CCN(C2CCN(c3ccc(Nc4ncc(Cl)c(Nc5ccccc5P(C)(C)=O)n4)c(OC)c3)CC2)CC1. The lowest BCUT2D eigenvalue weighted by Crippen LogP contribution is -2.53. The summed E-state index contributed by atoms with van der Waals surface area (Å²) in [7, 11) is -0.829. The van der Waals surface area contributed by atoms with E-state index in [4.69, 9.17) is 16.3 Å². The van der Waals surface area contributed by atoms with Crippen LogP contribution in [0.2, 0.25) is 5.02 Å². The Morgan fingerprint density at radius 1 is 0.935 bits per heavy atom. The smallest absolute Gasteiger partial charge is 0.229 e. The van der Waals surface area contributed by atoms with E-state index in [9.17, 15) is 4.57 Å². The third kappa shape index (κ3) is 9.15. The number of nitrogens with one attached hydrogen (secondary N) is 2. The molecule has 2 aliphatic rings. The van der Waals surface area contributed by atoms with Crippen LogP contribution in [-0.2, 0) is 4.57 Å². The number of piperazine rings is 1. The number of para-hydroxylation sites is 1. The van der Waals surface area contributed by atoms with Gasteiger partial charge in [0.2, 0.25) is 5.95 Å². The zero-order chi connectivity index (χ0) is 32.5. The van der Waals surface area contributed by atoms with Crippen molar-refractivity contribution in [1.29, 1.82) is 0 Å². The lowest BCUT2D eigenvalue weighted by Gasteiger charge is -2.43. The molecule has 2 aromatic carbocycles. The molecule has 46 heavy (non-hydrogen) atoms. The second kappa shape index (κ2) is 16.3. The molecule has 250 valence electrons. The monoisotopic (exact) mass is 667 g/mol. The van der Waals surface area contributed by atoms with E-state index in [1.165, 1.54) is 77.7 Å². The van der Waals surface area contributed by atoms with Gasteiger partial charge in [-0.1, -0.05) is 56.3 Å². The largest absolute Gasteiger partial charge is 0.494 e. The van der Waals surface area contributed by atoms with Crippen LogP contribution in [0.1, 0.15) is 51.9 Å². The highest BCUT2D eigenvalue weighted by molar-refractivity contribution is 7.70. The molecule has 0 saturated carbocycles. The van der Waals surface area contributed by atoms with Crippen LogP contribution in [-0.4, -0.2) is 92.1 Å². The number of benzene rings is 2. The highest BCUT2D eigenvalue weighted by Crippen LogP contribution is 2.39. The van der Waals surface area contributed by atoms with Crippen molar-refractivity contribution in [3.63, 3.8) is 0 Å². The molecule has 2 fully saturated rings. The number of nitrogens with zero attached hydrogens (tertiary/aromatic N) is 5. The van der Waals surface area contributed by atoms with Crippen molar-refractivity contribution in [3.8, 4) is 5.75 Å². The molecule has 2 saturated heterocycles. The second-order valence-electron chi connectivity index (χ2n) is 12.9. The molecule has 3 aromatic rings. The van der Waals surface area contributed by atoms with Gasteiger partial charge in [-0.15, -0.1) is 0 Å². The summed E-state index contributed by atoms with van der Waals surface area (Å²) in [4.78, 5) is 16.9. The highest BCUT2D eigenvalue weighted by Gasteiger charge is 2.28. The molecule has 11 heteroatoms. The minimum atomic E-state index is -2.51. The van der Waals surface area contributed by atoms with Gasteiger partial charge >= 0.3 is 0 Å². The molecular formula is C35H51ClN7O2P. The van der Waals surface area contributed by atoms with Gasteiger partial charge in [-0.25, -0.2) is 4.98 Å². The molecule has 1 aromatic heterocycles. The van der Waals surface area contributed by atoms with Crippen LogP contribution in [0.15, 0.2) is 48.7 Å². The van der Waals surface area contributed by atoms with E-state index < -0.39 is 7.14 Å². The number of aromatic nitrogens is 2. The minimum Gasteiger partial charge on any atom is -0.494 e. The zero-order valence-corrected chi connectivity index (χ0v) is 29.6. The maximum atomic E-state index is 12.8. The number of rotatable bonds is 14. The van der Waals surface area contributed by atoms with Gasteiger partial charge in [0.05, 0.1) is 24.7 Å². The summed E-state index contributed by atoms with van der Waals surface area (Å²) in [6.07, 6.45) is 10.7. The number of hydrogen-bond acceptors (Lipinski definition) is 9. The fourth-order valence-corrected chi connectivity index (χ4v) is 7.87. The molecule has 2 N–H and O–H groups in total. The van der Waals surface area contributed by atoms with E-state index in [0.717, 1.165) is 35.5 Å². The first-order valence-corrected chi connectivity index (χ1v) is 19.8. The molecule has 0 spiro atoms. The minimum absolute atomic E-state index is 0.368. The standard InChI is InChI=1S/C35H51ClN7O2P/c1-5-6-7-8-11-18-41-21-23-43(24-22-41)27-16-19-42(20-17-27)28-14-15-30(32(25-28)45-2)39-35-37-26-29(36)34(40-35)38-31-12-9-10-13-33(31)46(3,4)44/h9-10,12-15,25-27H,5-8,11,16-24H2,1-4H3,(H2,37,38,39,40). The van der Waals surface area contributed by atoms with Crippen LogP contribution in [0.25, 0.3) is 0 Å². The van der Waals surface area contributed by atoms with Crippen molar-refractivity contribution in [2.45, 2.75) is 57.9 Å². The fourth-order valence-electron chi connectivity index (χ4n) is 6.57. The van der Waals surface area contributed by atoms with Gasteiger partial charge < -0.3 is 29.7 Å². The Labute approximate surface area is 280 Å². The van der Waals surface area contributed by atoms with Gasteiger partial charge in [-0.2, -0.15) is 4.98 Å². The predicted octanol–water partition coefficient (Wildman–Crippen LogP) is 7.43. The summed E-state index contributed by atoms with van der Waals surface area (Å²) in [5, 5.41) is 7.67. The van der Waals surface area contributed by atoms with E-state index >= 15 is 0 Å². The summed E-state index contributed by atoms with van der Waals surface area (Å²) in [5.41, 5.74) is 2.64. The van der Waals surface area contributed by atoms with Crippen LogP contribution >= 0.6 is 18.7 Å². The van der Waals surface area contributed by atoms with E-state index in [-0.39, 0.29) is 0 Å². The normalized spacial score (nSPS) is 16.8. The molecule has 0 bridgehead atoms. The van der Waals surface area contributed by atoms with Gasteiger partial charge in [-0.05, 0) is 63.4 Å². The predicted molar refractivity (Wildman–Crippen MR) is 194 cm³/mol. The number of unbranched alkanes of at least 4 members (excludes halogenated alkanes) is 4. The number of piperidine rings is 1. The average molecular weight is 668 g/mol. The Balaban J connectivity index is 1.16. The average Bonchev–Trinajstić information content (AvgIpc) is 3.06. The van der Waals surface area contributed by atoms with E-state index in [1.807, 2.05) is 30.3 Å². The number of anilines is 5. The molecule has 0 unspecified atom stereocenters. The van der Waals surface area contributed by atoms with E-state index in [2.05, 4.69) is 54.4 Å². The maximum absolute atomic E-state index is 12.8. The van der Waals surface area contributed by atoms with Gasteiger partial charge in [0.1, 0.15) is 17.9 Å². The van der Waals surface area contributed by atoms with Crippen molar-refractivity contribution >= 4 is 52.9 Å². The molecule has 0 radical (unpaired) electrons. The first kappa shape index (κ1) is 34.5. The van der Waals surface area contributed by atoms with E-state index in [0.29, 0.717) is 28.5 Å². The van der Waals surface area contributed by atoms with Crippen LogP contribution in [0.3, 0.4) is 0 Å². The van der Waals surface area contributed by atoms with Gasteiger partial charge in [0, 0.05) is 62.4 Å². The Morgan fingerprint density at radius 3 is 2.39 bits per heavy atom. The molecule has 2 aliphatic heterocycles. The summed E-state index contributed by atoms with van der Waals surface area (Å²) < 4.78 is 18.6. The summed E-state index contributed by atoms with van der Waals surface area (Å²) >= 11 is 6.46. The molecule has 0 atom stereocenters. The molecule has 3 heterocycles. The first-order valence-electron chi connectivity index (χ1n) is 16.9. The van der Waals surface area contributed by atoms with Gasteiger partial charge in [0.15, 0.2) is 5.82 Å². The fraction of sp³-hybridized carbons (Fsp3) is 0.543. The topological polar surface area (TPSA) is 85.9 Å². The maximum Gasteiger partial charge on any atom is 0.229 e. The van der Waals surface area contributed by atoms with Crippen molar-refractivity contribution in [2.24, 2.45) is 0 Å². The molecular weight excluding hydrogens is 617 g/mol. The Bertz CT molecular complexity index is 1470. The number of hydrogen-bond donors (Lipinski definition) is 2. The first-order chi connectivity index (χ1) is 22.2. The molecule has 9 nitrogen and oxygen atoms in total. The summed E-state index contributed by atoms with van der Waals surface area (Å²) in [6.45, 7) is 13.9. The van der Waals surface area contributed by atoms with Crippen LogP contribution in [0, 0.1) is 0 Å². The lowest BCUT2D eigenvalue weighted by atomic mass is 10.0. The number of methoxy groups -OCH3 is 1. The third-order valence-corrected chi connectivity index (χ3v) is 11.1. The van der Waals surface area contributed by atoms with Crippen molar-refractivity contribution in [2.75, 3.05) is 81.8 Å². The van der Waals surface area contributed by atoms with Crippen LogP contribution < -0.4 is 25.6 Å². The Morgan fingerprint density at radius 2 is 1.67 bits per heavy atom. The quantitative estimate of drug-likeness (QED) is 0.135. The van der Waals surface area contributed by atoms with Crippen molar-refractivity contribution in [3.05, 3.63) is 53.7 Å². The van der Waals surface area contributed by atoms with Gasteiger partial charge in [0.25, 0.3) is 0 Å². The highest BCUT2D eigenvalue weighted by atomic mass is 35.5. The van der Waals surface area contributed by atoms with Crippen LogP contribution in [0.5, 0.6) is 5.75 Å². The van der Waals surface area contributed by atoms with Crippen LogP contribution in [0.4, 0.5) is 28.8 Å². The third-order valence-electron chi connectivity index (χ3n) is 9.24. The lowest BCUT2D eigenvalue weighted by molar-refractivity contribution is 0.0839. The second-order valence-corrected chi connectivity index (χ2v) is 16.5.